The molecule has 8 nitrogen and oxygen atoms in total. The number of nitrogen functional groups attached to an aromatic ring is 1. The van der Waals surface area contributed by atoms with Gasteiger partial charge in [-0.25, -0.2) is 23.1 Å². The van der Waals surface area contributed by atoms with Crippen molar-refractivity contribution in [2.24, 2.45) is 0 Å². The molecule has 2 aromatic rings. The van der Waals surface area contributed by atoms with Crippen LogP contribution in [0, 0.1) is 23.6 Å². The third-order valence-electron chi connectivity index (χ3n) is 4.65. The molecular weight excluding hydrogens is 435 g/mol. The van der Waals surface area contributed by atoms with Crippen LogP contribution in [0.2, 0.25) is 5.02 Å². The molecule has 1 aliphatic heterocycles. The number of nitrogens with two attached hydrogens (primary N) is 1. The molecule has 166 valence electrons. The number of alkyl halides is 2. The predicted octanol–water partition coefficient (Wildman–Crippen LogP) is 3.41. The number of carbonyl (C=O) groups is 1. The number of hydrogen-bond acceptors (Lipinski definition) is 7. The molecule has 0 radical (unpaired) electrons. The molecule has 0 saturated carbocycles. The van der Waals surface area contributed by atoms with E-state index in [1.165, 1.54) is 25.4 Å². The van der Waals surface area contributed by atoms with E-state index in [4.69, 9.17) is 28.2 Å². The molecule has 0 aliphatic carbocycles. The first-order chi connectivity index (χ1) is 14.6. The van der Waals surface area contributed by atoms with Crippen LogP contribution in [0.1, 0.15) is 22.3 Å². The average Bonchev–Trinajstić information content (AvgIpc) is 3.05. The molecule has 1 saturated heterocycles. The number of nitrogens with zero attached hydrogens (tertiary/aromatic N) is 3. The molecule has 12 heteroatoms. The van der Waals surface area contributed by atoms with Crippen molar-refractivity contribution in [1.82, 2.24) is 14.9 Å². The van der Waals surface area contributed by atoms with Crippen LogP contribution in [-0.2, 0) is 0 Å². The summed E-state index contributed by atoms with van der Waals surface area (Å²) >= 11 is 5.69. The third-order valence-corrected chi connectivity index (χ3v) is 4.84. The average molecular weight is 456 g/mol. The number of hydrogen-bond donors (Lipinski definition) is 4. The van der Waals surface area contributed by atoms with Crippen LogP contribution in [0.3, 0.4) is 0 Å². The zero-order valence-corrected chi connectivity index (χ0v) is 17.3. The maximum atomic E-state index is 14.4. The van der Waals surface area contributed by atoms with Crippen molar-refractivity contribution in [2.75, 3.05) is 24.1 Å². The number of rotatable bonds is 5. The fourth-order valence-electron chi connectivity index (χ4n) is 2.96. The molecule has 1 aromatic carbocycles. The van der Waals surface area contributed by atoms with Gasteiger partial charge in [0, 0.05) is 37.5 Å². The summed E-state index contributed by atoms with van der Waals surface area (Å²) in [6.45, 7) is 1.02. The van der Waals surface area contributed by atoms with E-state index in [0.717, 1.165) is 23.4 Å². The first kappa shape index (κ1) is 24.1. The van der Waals surface area contributed by atoms with Gasteiger partial charge in [-0.05, 0) is 19.1 Å². The van der Waals surface area contributed by atoms with E-state index < -0.39 is 30.1 Å². The quantitative estimate of drug-likeness (QED) is 0.405. The van der Waals surface area contributed by atoms with Crippen LogP contribution < -0.4 is 11.1 Å². The van der Waals surface area contributed by atoms with Crippen molar-refractivity contribution < 1.29 is 18.0 Å². The fraction of sp³-hybridized carbons (Fsp3) is 0.316. The molecule has 1 unspecified atom stereocenters. The van der Waals surface area contributed by atoms with Crippen LogP contribution in [0.5, 0.6) is 0 Å². The number of amides is 1. The van der Waals surface area contributed by atoms with Gasteiger partial charge in [0.05, 0.1) is 28.7 Å². The Morgan fingerprint density at radius 2 is 1.97 bits per heavy atom. The maximum Gasteiger partial charge on any atom is 0.271 e. The summed E-state index contributed by atoms with van der Waals surface area (Å²) in [6, 6.07) is 0.889. The van der Waals surface area contributed by atoms with E-state index in [1.807, 2.05) is 0 Å². The van der Waals surface area contributed by atoms with Crippen molar-refractivity contribution in [3.63, 3.8) is 0 Å². The Morgan fingerprint density at radius 1 is 1.35 bits per heavy atom. The first-order valence-corrected chi connectivity index (χ1v) is 9.44. The highest BCUT2D eigenvalue weighted by molar-refractivity contribution is 6.30. The van der Waals surface area contributed by atoms with Crippen LogP contribution in [-0.4, -0.2) is 58.3 Å². The first-order valence-electron chi connectivity index (χ1n) is 9.06. The smallest absolute Gasteiger partial charge is 0.271 e. The number of benzene rings is 1. The minimum absolute atomic E-state index is 0.000608. The Labute approximate surface area is 181 Å². The van der Waals surface area contributed by atoms with Gasteiger partial charge < -0.3 is 26.8 Å². The minimum Gasteiger partial charge on any atom is -0.398 e. The van der Waals surface area contributed by atoms with E-state index >= 15 is 0 Å². The minimum atomic E-state index is -3.10. The Bertz CT molecular complexity index is 950. The van der Waals surface area contributed by atoms with Gasteiger partial charge in [0.2, 0.25) is 5.95 Å². The van der Waals surface area contributed by atoms with Gasteiger partial charge in [-0.1, -0.05) is 11.6 Å². The number of carbonyl (C=O) groups excluding carboxylic acids is 1. The maximum absolute atomic E-state index is 14.4. The molecule has 1 atom stereocenters. The molecule has 5 N–H and O–H groups in total. The second-order valence-corrected chi connectivity index (χ2v) is 7.03. The van der Waals surface area contributed by atoms with Crippen molar-refractivity contribution in [1.29, 1.82) is 10.8 Å². The van der Waals surface area contributed by atoms with Crippen LogP contribution >= 0.6 is 11.6 Å². The van der Waals surface area contributed by atoms with E-state index in [0.29, 0.717) is 5.02 Å². The lowest BCUT2D eigenvalue weighted by molar-refractivity contribution is -0.0248. The highest BCUT2D eigenvalue weighted by Gasteiger charge is 2.50. The van der Waals surface area contributed by atoms with Gasteiger partial charge in [-0.3, -0.25) is 4.79 Å². The largest absolute Gasteiger partial charge is 0.398 e. The predicted molar refractivity (Wildman–Crippen MR) is 113 cm³/mol. The van der Waals surface area contributed by atoms with Crippen LogP contribution in [0.15, 0.2) is 24.5 Å². The second kappa shape index (κ2) is 10.2. The number of aromatic nitrogens is 2. The number of halogens is 4. The molecular formula is C19H21ClF3N7O. The lowest BCUT2D eigenvalue weighted by atomic mass is 10.1. The molecule has 2 heterocycles. The summed E-state index contributed by atoms with van der Waals surface area (Å²) in [5.74, 6) is -4.21. The number of nitrogens with one attached hydrogen (secondary N) is 3. The zero-order valence-electron chi connectivity index (χ0n) is 16.5. The lowest BCUT2D eigenvalue weighted by Gasteiger charge is -2.28. The van der Waals surface area contributed by atoms with E-state index in [-0.39, 0.29) is 35.9 Å². The molecule has 3 rings (SSSR count). The van der Waals surface area contributed by atoms with E-state index in [2.05, 4.69) is 15.3 Å². The van der Waals surface area contributed by atoms with Crippen molar-refractivity contribution in [2.45, 2.75) is 25.3 Å². The van der Waals surface area contributed by atoms with Crippen molar-refractivity contribution in [3.05, 3.63) is 46.5 Å². The summed E-state index contributed by atoms with van der Waals surface area (Å²) < 4.78 is 42.3. The number of anilines is 2. The van der Waals surface area contributed by atoms with Gasteiger partial charge in [-0.2, -0.15) is 0 Å². The molecule has 0 spiro atoms. The Balaban J connectivity index is 0.000000785. The normalized spacial score (nSPS) is 16.8. The lowest BCUT2D eigenvalue weighted by Crippen LogP contribution is -2.47. The summed E-state index contributed by atoms with van der Waals surface area (Å²) in [5.41, 5.74) is 5.88. The zero-order chi connectivity index (χ0) is 23.2. The van der Waals surface area contributed by atoms with E-state index in [1.54, 1.807) is 0 Å². The monoisotopic (exact) mass is 455 g/mol. The van der Waals surface area contributed by atoms with Crippen molar-refractivity contribution >= 4 is 41.6 Å². The molecule has 1 aromatic heterocycles. The molecule has 1 amide bonds. The molecule has 0 bridgehead atoms. The summed E-state index contributed by atoms with van der Waals surface area (Å²) in [4.78, 5) is 21.6. The van der Waals surface area contributed by atoms with Gasteiger partial charge in [0.15, 0.2) is 0 Å². The van der Waals surface area contributed by atoms with Gasteiger partial charge >= 0.3 is 0 Å². The second-order valence-electron chi connectivity index (χ2n) is 6.60. The summed E-state index contributed by atoms with van der Waals surface area (Å²) in [7, 11) is 0. The molecule has 1 fully saturated rings. The molecule has 31 heavy (non-hydrogen) atoms. The highest BCUT2D eigenvalue weighted by atomic mass is 35.5. The van der Waals surface area contributed by atoms with Gasteiger partial charge in [0.25, 0.3) is 11.8 Å². The Kier molecular flexibility index (Phi) is 7.92. The number of likely N-dealkylation sites (tertiary alicyclic amines) is 1. The fourth-order valence-corrected chi connectivity index (χ4v) is 3.05. The summed E-state index contributed by atoms with van der Waals surface area (Å²) in [5, 5.41) is 15.2. The Hall–Kier alpha value is -3.21. The highest BCUT2D eigenvalue weighted by Crippen LogP contribution is 2.36. The third kappa shape index (κ3) is 5.69. The van der Waals surface area contributed by atoms with Crippen LogP contribution in [0.4, 0.5) is 24.8 Å². The topological polar surface area (TPSA) is 132 Å². The Morgan fingerprint density at radius 3 is 2.55 bits per heavy atom. The summed E-state index contributed by atoms with van der Waals surface area (Å²) in [6.07, 6.45) is 4.01. The standard InChI is InChI=1S/C17H17ClF3N5O.C2H4N2/c1-9-12(19)3-2-11(14(9)22)15(27)26-5-4-17(20,21)13(26)8-25-16-23-6-10(18)7-24-16;3-1-2-4/h2-3,6-7,13H,4-5,8,22H2,1H3,(H,23,24,25);1-4H. The SMILES string of the molecule is Cc1c(F)ccc(C(=O)N2CCC(F)(F)C2CNc2ncc(Cl)cn2)c1N.N=CC=N. The van der Waals surface area contributed by atoms with Gasteiger partial charge in [-0.15, -0.1) is 0 Å². The van der Waals surface area contributed by atoms with Crippen LogP contribution in [0.25, 0.3) is 0 Å². The van der Waals surface area contributed by atoms with E-state index in [9.17, 15) is 18.0 Å². The van der Waals surface area contributed by atoms with Crippen molar-refractivity contribution in [3.8, 4) is 0 Å². The molecule has 1 aliphatic rings. The van der Waals surface area contributed by atoms with Gasteiger partial charge in [0.1, 0.15) is 11.9 Å².